The summed E-state index contributed by atoms with van der Waals surface area (Å²) in [7, 11) is 0. The minimum atomic E-state index is 0.0763. The van der Waals surface area contributed by atoms with E-state index in [2.05, 4.69) is 31.3 Å². The Morgan fingerprint density at radius 2 is 2.00 bits per heavy atom. The quantitative estimate of drug-likeness (QED) is 0.784. The molecule has 0 bridgehead atoms. The second-order valence-electron chi connectivity index (χ2n) is 4.98. The largest absolute Gasteiger partial charge is 0.352 e. The van der Waals surface area contributed by atoms with Gasteiger partial charge in [-0.05, 0) is 17.4 Å². The lowest BCUT2D eigenvalue weighted by molar-refractivity contribution is -0.119. The van der Waals surface area contributed by atoms with Crippen LogP contribution in [0.3, 0.4) is 0 Å². The van der Waals surface area contributed by atoms with Gasteiger partial charge in [-0.2, -0.15) is 0 Å². The van der Waals surface area contributed by atoms with E-state index in [9.17, 15) is 4.79 Å². The van der Waals surface area contributed by atoms with Gasteiger partial charge < -0.3 is 5.32 Å². The van der Waals surface area contributed by atoms with Gasteiger partial charge in [0, 0.05) is 12.5 Å². The lowest BCUT2D eigenvalue weighted by Crippen LogP contribution is -2.35. The average molecular weight is 203 g/mol. The summed E-state index contributed by atoms with van der Waals surface area (Å²) >= 11 is 0. The van der Waals surface area contributed by atoms with Crippen molar-refractivity contribution in [1.82, 2.24) is 5.32 Å². The van der Waals surface area contributed by atoms with Crippen LogP contribution in [0.2, 0.25) is 0 Å². The van der Waals surface area contributed by atoms with Gasteiger partial charge in [0.05, 0.1) is 0 Å². The molecule has 1 saturated heterocycles. The fraction of sp³-hybridized carbons (Fsp3) is 0.462. The molecule has 2 rings (SSSR count). The van der Waals surface area contributed by atoms with Crippen LogP contribution in [0.5, 0.6) is 0 Å². The molecule has 1 aromatic rings. The van der Waals surface area contributed by atoms with E-state index >= 15 is 0 Å². The van der Waals surface area contributed by atoms with Crippen LogP contribution in [-0.4, -0.2) is 11.9 Å². The minimum Gasteiger partial charge on any atom is -0.352 e. The summed E-state index contributed by atoms with van der Waals surface area (Å²) in [4.78, 5) is 11.3. The highest BCUT2D eigenvalue weighted by atomic mass is 16.2. The Kier molecular flexibility index (Phi) is 2.51. The molecule has 1 aromatic carbocycles. The molecule has 0 saturated carbocycles. The van der Waals surface area contributed by atoms with Crippen molar-refractivity contribution < 1.29 is 4.79 Å². The number of carbonyl (C=O) groups is 1. The molecule has 0 aliphatic carbocycles. The Morgan fingerprint density at radius 1 is 1.33 bits per heavy atom. The van der Waals surface area contributed by atoms with Gasteiger partial charge in [0.25, 0.3) is 0 Å². The number of nitrogens with one attached hydrogen (secondary N) is 1. The van der Waals surface area contributed by atoms with Crippen LogP contribution < -0.4 is 5.32 Å². The van der Waals surface area contributed by atoms with Crippen molar-refractivity contribution >= 4 is 5.91 Å². The normalized spacial score (nSPS) is 23.9. The molecule has 2 nitrogen and oxygen atoms in total. The highest BCUT2D eigenvalue weighted by molar-refractivity contribution is 5.79. The predicted octanol–water partition coefficient (Wildman–Crippen LogP) is 2.14. The third kappa shape index (κ3) is 2.20. The number of carbonyl (C=O) groups excluding carboxylic acids is 1. The first-order valence-corrected chi connectivity index (χ1v) is 5.41. The standard InChI is InChI=1S/C13H17NO/c1-13(2)9-12(15)14-11(13)8-10-6-4-3-5-7-10/h3-7,11H,8-9H2,1-2H3,(H,14,15). The van der Waals surface area contributed by atoms with E-state index in [4.69, 9.17) is 0 Å². The van der Waals surface area contributed by atoms with E-state index in [0.29, 0.717) is 6.42 Å². The topological polar surface area (TPSA) is 29.1 Å². The third-order valence-corrected chi connectivity index (χ3v) is 3.18. The number of hydrogen-bond donors (Lipinski definition) is 1. The summed E-state index contributed by atoms with van der Waals surface area (Å²) < 4.78 is 0. The summed E-state index contributed by atoms with van der Waals surface area (Å²) in [6.45, 7) is 4.30. The Labute approximate surface area is 90.7 Å². The Morgan fingerprint density at radius 3 is 2.53 bits per heavy atom. The molecule has 15 heavy (non-hydrogen) atoms. The van der Waals surface area contributed by atoms with Crippen LogP contribution in [0, 0.1) is 5.41 Å². The molecule has 1 amide bonds. The summed E-state index contributed by atoms with van der Waals surface area (Å²) in [5.41, 5.74) is 1.37. The van der Waals surface area contributed by atoms with E-state index in [0.717, 1.165) is 6.42 Å². The fourth-order valence-corrected chi connectivity index (χ4v) is 2.15. The highest BCUT2D eigenvalue weighted by Gasteiger charge is 2.38. The molecule has 0 aromatic heterocycles. The molecule has 80 valence electrons. The molecule has 1 aliphatic rings. The second-order valence-corrected chi connectivity index (χ2v) is 4.98. The summed E-state index contributed by atoms with van der Waals surface area (Å²) in [5.74, 6) is 0.181. The zero-order chi connectivity index (χ0) is 10.9. The summed E-state index contributed by atoms with van der Waals surface area (Å²) in [6, 6.07) is 10.6. The number of hydrogen-bond acceptors (Lipinski definition) is 1. The zero-order valence-corrected chi connectivity index (χ0v) is 9.29. The van der Waals surface area contributed by atoms with Crippen LogP contribution in [-0.2, 0) is 11.2 Å². The maximum Gasteiger partial charge on any atom is 0.220 e. The summed E-state index contributed by atoms with van der Waals surface area (Å²) in [6.07, 6.45) is 1.57. The highest BCUT2D eigenvalue weighted by Crippen LogP contribution is 2.32. The SMILES string of the molecule is CC1(C)CC(=O)NC1Cc1ccccc1. The van der Waals surface area contributed by atoms with Crippen molar-refractivity contribution in [1.29, 1.82) is 0 Å². The Balaban J connectivity index is 2.10. The third-order valence-electron chi connectivity index (χ3n) is 3.18. The Bertz CT molecular complexity index is 356. The van der Waals surface area contributed by atoms with Crippen LogP contribution in [0.15, 0.2) is 30.3 Å². The lowest BCUT2D eigenvalue weighted by atomic mass is 9.82. The van der Waals surface area contributed by atoms with Crippen molar-refractivity contribution in [3.8, 4) is 0 Å². The predicted molar refractivity (Wildman–Crippen MR) is 60.5 cm³/mol. The molecule has 1 unspecified atom stereocenters. The first-order valence-electron chi connectivity index (χ1n) is 5.41. The molecule has 2 heteroatoms. The fourth-order valence-electron chi connectivity index (χ4n) is 2.15. The summed E-state index contributed by atoms with van der Waals surface area (Å²) in [5, 5.41) is 3.05. The maximum absolute atomic E-state index is 11.3. The van der Waals surface area contributed by atoms with Crippen molar-refractivity contribution in [2.24, 2.45) is 5.41 Å². The average Bonchev–Trinajstić information content (AvgIpc) is 2.41. The first-order chi connectivity index (χ1) is 7.08. The molecular formula is C13H17NO. The molecule has 1 atom stereocenters. The molecule has 1 aliphatic heterocycles. The number of rotatable bonds is 2. The van der Waals surface area contributed by atoms with E-state index in [-0.39, 0.29) is 17.4 Å². The van der Waals surface area contributed by atoms with E-state index in [1.165, 1.54) is 5.56 Å². The van der Waals surface area contributed by atoms with Crippen molar-refractivity contribution in [3.05, 3.63) is 35.9 Å². The van der Waals surface area contributed by atoms with Gasteiger partial charge in [-0.15, -0.1) is 0 Å². The van der Waals surface area contributed by atoms with Crippen LogP contribution in [0.4, 0.5) is 0 Å². The van der Waals surface area contributed by atoms with Crippen molar-refractivity contribution in [2.45, 2.75) is 32.7 Å². The number of benzene rings is 1. The van der Waals surface area contributed by atoms with Gasteiger partial charge in [-0.3, -0.25) is 4.79 Å². The molecule has 0 spiro atoms. The van der Waals surface area contributed by atoms with E-state index in [1.54, 1.807) is 0 Å². The molecular weight excluding hydrogens is 186 g/mol. The van der Waals surface area contributed by atoms with Gasteiger partial charge in [0.15, 0.2) is 0 Å². The molecule has 1 fully saturated rings. The smallest absolute Gasteiger partial charge is 0.220 e. The zero-order valence-electron chi connectivity index (χ0n) is 9.29. The lowest BCUT2D eigenvalue weighted by Gasteiger charge is -2.25. The molecule has 1 N–H and O–H groups in total. The van der Waals surface area contributed by atoms with Gasteiger partial charge in [0.1, 0.15) is 0 Å². The van der Waals surface area contributed by atoms with Gasteiger partial charge in [0.2, 0.25) is 5.91 Å². The van der Waals surface area contributed by atoms with E-state index in [1.807, 2.05) is 18.2 Å². The van der Waals surface area contributed by atoms with Gasteiger partial charge in [-0.1, -0.05) is 44.2 Å². The van der Waals surface area contributed by atoms with E-state index < -0.39 is 0 Å². The Hall–Kier alpha value is -1.31. The maximum atomic E-state index is 11.3. The minimum absolute atomic E-state index is 0.0763. The number of amides is 1. The molecule has 0 radical (unpaired) electrons. The van der Waals surface area contributed by atoms with Crippen LogP contribution >= 0.6 is 0 Å². The first kappa shape index (κ1) is 10.2. The van der Waals surface area contributed by atoms with Gasteiger partial charge in [-0.25, -0.2) is 0 Å². The monoisotopic (exact) mass is 203 g/mol. The van der Waals surface area contributed by atoms with Gasteiger partial charge >= 0.3 is 0 Å². The van der Waals surface area contributed by atoms with Crippen LogP contribution in [0.1, 0.15) is 25.8 Å². The van der Waals surface area contributed by atoms with Crippen molar-refractivity contribution in [3.63, 3.8) is 0 Å². The second kappa shape index (κ2) is 3.69. The van der Waals surface area contributed by atoms with Crippen molar-refractivity contribution in [2.75, 3.05) is 0 Å². The molecule has 1 heterocycles. The van der Waals surface area contributed by atoms with Crippen LogP contribution in [0.25, 0.3) is 0 Å².